The Morgan fingerprint density at radius 2 is 1.22 bits per heavy atom. The van der Waals surface area contributed by atoms with Crippen molar-refractivity contribution in [3.8, 4) is 0 Å². The molecule has 0 saturated carbocycles. The van der Waals surface area contributed by atoms with Crippen molar-refractivity contribution in [2.24, 2.45) is 0 Å². The summed E-state index contributed by atoms with van der Waals surface area (Å²) < 4.78 is 12.9. The Morgan fingerprint density at radius 3 is 1.56 bits per heavy atom. The zero-order valence-corrected chi connectivity index (χ0v) is 19.2. The molecule has 0 fully saturated rings. The molecule has 0 aliphatic carbocycles. The molecule has 0 N–H and O–H groups in total. The van der Waals surface area contributed by atoms with Gasteiger partial charge in [-0.05, 0) is 48.5 Å². The summed E-state index contributed by atoms with van der Waals surface area (Å²) in [5.74, 6) is -2.15. The van der Waals surface area contributed by atoms with E-state index in [2.05, 4.69) is 4.74 Å². The normalized spacial score (nSPS) is 13.9. The van der Waals surface area contributed by atoms with Crippen molar-refractivity contribution in [1.29, 1.82) is 0 Å². The quantitative estimate of drug-likeness (QED) is 0.320. The first kappa shape index (κ1) is 25.9. The van der Waals surface area contributed by atoms with Crippen LogP contribution in [0.15, 0.2) is 0 Å². The van der Waals surface area contributed by atoms with Crippen LogP contribution in [0.2, 0.25) is 0 Å². The minimum atomic E-state index is -1.08. The van der Waals surface area contributed by atoms with Gasteiger partial charge in [-0.2, -0.15) is 0 Å². The van der Waals surface area contributed by atoms with Gasteiger partial charge in [0.1, 0.15) is 13.0 Å². The highest BCUT2D eigenvalue weighted by Crippen LogP contribution is 2.38. The molecule has 0 aromatic carbocycles. The number of rotatable bonds is 8. The minimum absolute atomic E-state index is 0.260. The molecular weight excluding hydrogens is 412 g/mol. The molecule has 10 heteroatoms. The van der Waals surface area contributed by atoms with Crippen molar-refractivity contribution < 1.29 is 33.4 Å². The summed E-state index contributed by atoms with van der Waals surface area (Å²) >= 11 is 7.37. The number of hydrogen-bond donors (Lipinski definition) is 0. The van der Waals surface area contributed by atoms with E-state index in [9.17, 15) is 19.2 Å². The Hall–Kier alpha value is -1.13. The summed E-state index contributed by atoms with van der Waals surface area (Å²) in [4.78, 5) is 47.2. The predicted octanol–water partition coefficient (Wildman–Crippen LogP) is 2.92. The lowest BCUT2D eigenvalue weighted by Gasteiger charge is -2.27. The Labute approximate surface area is 173 Å². The lowest BCUT2D eigenvalue weighted by Crippen LogP contribution is -2.38. The summed E-state index contributed by atoms with van der Waals surface area (Å²) in [6.45, 7) is 10.7. The number of esters is 3. The van der Waals surface area contributed by atoms with E-state index in [-0.39, 0.29) is 5.78 Å². The molecule has 0 radical (unpaired) electrons. The van der Waals surface area contributed by atoms with Crippen molar-refractivity contribution in [2.45, 2.75) is 70.2 Å². The molecule has 0 aromatic rings. The number of ketones is 1. The van der Waals surface area contributed by atoms with Crippen LogP contribution in [0.25, 0.3) is 0 Å². The minimum Gasteiger partial charge on any atom is -0.466 e. The second-order valence-corrected chi connectivity index (χ2v) is 11.2. The maximum absolute atomic E-state index is 12.3. The molecule has 0 spiro atoms. The van der Waals surface area contributed by atoms with Crippen LogP contribution in [-0.2, 0) is 33.4 Å². The van der Waals surface area contributed by atoms with Gasteiger partial charge in [-0.3, -0.25) is 14.4 Å². The zero-order valence-electron chi connectivity index (χ0n) is 16.7. The molecule has 0 aliphatic rings. The van der Waals surface area contributed by atoms with Crippen LogP contribution in [0.1, 0.15) is 48.5 Å². The molecule has 2 atom stereocenters. The molecule has 2 unspecified atom stereocenters. The topological polar surface area (TPSA) is 96.0 Å². The van der Waals surface area contributed by atoms with Gasteiger partial charge < -0.3 is 14.2 Å². The van der Waals surface area contributed by atoms with Gasteiger partial charge in [0.25, 0.3) is 0 Å². The number of Topliss-reactive ketones (excluding diaryl/α,β-unsaturated/α-hetero) is 1. The van der Waals surface area contributed by atoms with Gasteiger partial charge in [-0.25, -0.2) is 4.79 Å². The van der Waals surface area contributed by atoms with E-state index in [1.54, 1.807) is 27.7 Å². The lowest BCUT2D eigenvalue weighted by atomic mass is 10.2. The number of thiocarbonyl (C=S) groups is 1. The third-order valence-electron chi connectivity index (χ3n) is 3.33. The number of carbonyl (C=O) groups excluding carboxylic acids is 4. The highest BCUT2D eigenvalue weighted by Gasteiger charge is 2.38. The predicted molar refractivity (Wildman–Crippen MR) is 110 cm³/mol. The third-order valence-corrected chi connectivity index (χ3v) is 6.02. The van der Waals surface area contributed by atoms with Crippen molar-refractivity contribution in [1.82, 2.24) is 0 Å². The van der Waals surface area contributed by atoms with Gasteiger partial charge in [0.05, 0.1) is 7.11 Å². The molecule has 0 saturated heterocycles. The van der Waals surface area contributed by atoms with Crippen LogP contribution in [0.3, 0.4) is 0 Å². The monoisotopic (exact) mass is 438 g/mol. The first-order valence-electron chi connectivity index (χ1n) is 8.06. The smallest absolute Gasteiger partial charge is 0.346 e. The fourth-order valence-corrected chi connectivity index (χ4v) is 5.19. The average Bonchev–Trinajstić information content (AvgIpc) is 2.52. The first-order valence-corrected chi connectivity index (χ1v) is 10.1. The van der Waals surface area contributed by atoms with Crippen molar-refractivity contribution >= 4 is 63.0 Å². The number of ether oxygens (including phenoxy) is 3. The van der Waals surface area contributed by atoms with Crippen LogP contribution in [0.5, 0.6) is 0 Å². The molecule has 0 aliphatic heterocycles. The summed E-state index contributed by atoms with van der Waals surface area (Å²) in [5.41, 5.74) is 0. The molecule has 0 bridgehead atoms. The van der Waals surface area contributed by atoms with Crippen LogP contribution >= 0.6 is 35.7 Å². The van der Waals surface area contributed by atoms with Crippen molar-refractivity contribution in [2.75, 3.05) is 7.11 Å². The van der Waals surface area contributed by atoms with Crippen LogP contribution in [0.4, 0.5) is 0 Å². The molecule has 0 aromatic heterocycles. The summed E-state index contributed by atoms with van der Waals surface area (Å²) in [6.07, 6.45) is -1.88. The molecule has 27 heavy (non-hydrogen) atoms. The van der Waals surface area contributed by atoms with Gasteiger partial charge in [-0.15, -0.1) is 0 Å². The van der Waals surface area contributed by atoms with E-state index in [1.807, 2.05) is 0 Å². The average molecular weight is 439 g/mol. The van der Waals surface area contributed by atoms with Crippen molar-refractivity contribution in [3.05, 3.63) is 0 Å². The Balaban J connectivity index is 4.90. The van der Waals surface area contributed by atoms with E-state index in [4.69, 9.17) is 21.7 Å². The molecule has 0 heterocycles. The summed E-state index contributed by atoms with van der Waals surface area (Å²) in [6, 6.07) is 0. The fourth-order valence-electron chi connectivity index (χ4n) is 1.42. The van der Waals surface area contributed by atoms with Crippen LogP contribution < -0.4 is 0 Å². The molecule has 0 rings (SSSR count). The van der Waals surface area contributed by atoms with E-state index in [1.165, 1.54) is 27.9 Å². The summed E-state index contributed by atoms with van der Waals surface area (Å²) in [7, 11) is 1.20. The number of methoxy groups -OCH3 is 1. The highest BCUT2D eigenvalue weighted by molar-refractivity contribution is 8.48. The molecule has 154 valence electrons. The van der Waals surface area contributed by atoms with Crippen LogP contribution in [-0.4, -0.2) is 56.0 Å². The van der Waals surface area contributed by atoms with Gasteiger partial charge in [0.2, 0.25) is 0 Å². The standard InChI is InChI=1S/C17H26O7S3/c1-9(18)10(2)23-13(20)16(4,5)26-15(25)27-17(6,7)14(21)24-11(3)12(19)22-8/h10-11H,1-8H3. The zero-order chi connectivity index (χ0) is 21.6. The Bertz CT molecular complexity index is 614. The number of hydrogen-bond acceptors (Lipinski definition) is 10. The second kappa shape index (κ2) is 10.4. The highest BCUT2D eigenvalue weighted by atomic mass is 32.2. The van der Waals surface area contributed by atoms with Gasteiger partial charge >= 0.3 is 17.9 Å². The number of thioether (sulfide) groups is 2. The third kappa shape index (κ3) is 8.61. The second-order valence-electron chi connectivity index (χ2n) is 6.70. The van der Waals surface area contributed by atoms with Gasteiger partial charge in [-0.1, -0.05) is 35.7 Å². The molecule has 0 amide bonds. The van der Waals surface area contributed by atoms with E-state index in [0.717, 1.165) is 23.5 Å². The SMILES string of the molecule is COC(=O)C(C)OC(=O)C(C)(C)SC(=S)SC(C)(C)C(=O)OC(C)C(C)=O. The Morgan fingerprint density at radius 1 is 0.852 bits per heavy atom. The van der Waals surface area contributed by atoms with Crippen molar-refractivity contribution in [3.63, 3.8) is 0 Å². The largest absolute Gasteiger partial charge is 0.466 e. The van der Waals surface area contributed by atoms with Gasteiger partial charge in [0, 0.05) is 0 Å². The number of carbonyl (C=O) groups is 4. The maximum Gasteiger partial charge on any atom is 0.346 e. The Kier molecular flexibility index (Phi) is 9.99. The van der Waals surface area contributed by atoms with E-state index >= 15 is 0 Å². The molecular formula is C17H26O7S3. The lowest BCUT2D eigenvalue weighted by molar-refractivity contribution is -0.165. The van der Waals surface area contributed by atoms with Crippen LogP contribution in [0, 0.1) is 0 Å². The fraction of sp³-hybridized carbons (Fsp3) is 0.706. The first-order chi connectivity index (χ1) is 12.1. The molecule has 7 nitrogen and oxygen atoms in total. The van der Waals surface area contributed by atoms with E-state index in [0.29, 0.717) is 3.53 Å². The van der Waals surface area contributed by atoms with Gasteiger partial charge in [0.15, 0.2) is 18.0 Å². The maximum atomic E-state index is 12.3. The summed E-state index contributed by atoms with van der Waals surface area (Å²) in [5, 5.41) is 0. The van der Waals surface area contributed by atoms with E-state index < -0.39 is 39.6 Å².